The van der Waals surface area contributed by atoms with Crippen LogP contribution in [0, 0.1) is 0 Å². The van der Waals surface area contributed by atoms with E-state index in [1.807, 2.05) is 12.1 Å². The lowest BCUT2D eigenvalue weighted by molar-refractivity contribution is -0.131. The minimum Gasteiger partial charge on any atom is -0.426 e. The van der Waals surface area contributed by atoms with E-state index in [2.05, 4.69) is 0 Å². The largest absolute Gasteiger partial charge is 0.426 e. The molecule has 2 aromatic rings. The highest BCUT2D eigenvalue weighted by Crippen LogP contribution is 2.26. The fourth-order valence-electron chi connectivity index (χ4n) is 1.68. The van der Waals surface area contributed by atoms with Crippen molar-refractivity contribution in [2.24, 2.45) is 0 Å². The van der Waals surface area contributed by atoms with Gasteiger partial charge < -0.3 is 14.1 Å². The fraction of sp³-hybridized carbons (Fsp3) is 0.167. The maximum Gasteiger partial charge on any atom is 0.308 e. The number of aromatic nitrogens is 1. The van der Waals surface area contributed by atoms with Crippen molar-refractivity contribution in [2.75, 3.05) is 0 Å². The lowest BCUT2D eigenvalue weighted by Crippen LogP contribution is -2.02. The Morgan fingerprint density at radius 1 is 1.44 bits per heavy atom. The summed E-state index contributed by atoms with van der Waals surface area (Å²) in [6.07, 6.45) is 2.63. The molecule has 0 atom stereocenters. The summed E-state index contributed by atoms with van der Waals surface area (Å²) >= 11 is 0. The molecule has 4 heteroatoms. The Kier molecular flexibility index (Phi) is 2.72. The lowest BCUT2D eigenvalue weighted by Gasteiger charge is -2.04. The highest BCUT2D eigenvalue weighted by atomic mass is 16.5. The molecule has 0 aliphatic heterocycles. The Morgan fingerprint density at radius 2 is 2.25 bits per heavy atom. The van der Waals surface area contributed by atoms with E-state index in [0.717, 1.165) is 17.2 Å². The summed E-state index contributed by atoms with van der Waals surface area (Å²) in [6, 6.07) is 7.24. The van der Waals surface area contributed by atoms with E-state index in [9.17, 15) is 9.59 Å². The normalized spacial score (nSPS) is 10.3. The Morgan fingerprint density at radius 3 is 2.94 bits per heavy atom. The van der Waals surface area contributed by atoms with Gasteiger partial charge in [0.2, 0.25) is 0 Å². The van der Waals surface area contributed by atoms with E-state index in [4.69, 9.17) is 4.74 Å². The molecule has 0 spiro atoms. The van der Waals surface area contributed by atoms with Crippen LogP contribution in [0.4, 0.5) is 0 Å². The molecule has 4 nitrogen and oxygen atoms in total. The van der Waals surface area contributed by atoms with Crippen molar-refractivity contribution in [2.45, 2.75) is 13.5 Å². The van der Waals surface area contributed by atoms with Gasteiger partial charge in [-0.25, -0.2) is 0 Å². The third kappa shape index (κ3) is 1.82. The summed E-state index contributed by atoms with van der Waals surface area (Å²) in [5.41, 5.74) is 0.880. The van der Waals surface area contributed by atoms with Crippen LogP contribution < -0.4 is 4.74 Å². The van der Waals surface area contributed by atoms with Gasteiger partial charge >= 0.3 is 5.97 Å². The van der Waals surface area contributed by atoms with Gasteiger partial charge in [-0.05, 0) is 18.2 Å². The van der Waals surface area contributed by atoms with E-state index in [1.54, 1.807) is 22.9 Å². The van der Waals surface area contributed by atoms with Crippen molar-refractivity contribution in [3.05, 3.63) is 30.5 Å². The second-order valence-electron chi connectivity index (χ2n) is 3.42. The quantitative estimate of drug-likeness (QED) is 0.447. The van der Waals surface area contributed by atoms with Gasteiger partial charge in [0.25, 0.3) is 0 Å². The zero-order valence-electron chi connectivity index (χ0n) is 8.84. The van der Waals surface area contributed by atoms with Crippen LogP contribution in [0.25, 0.3) is 10.9 Å². The molecule has 82 valence electrons. The van der Waals surface area contributed by atoms with E-state index in [1.165, 1.54) is 6.92 Å². The molecular weight excluding hydrogens is 206 g/mol. The van der Waals surface area contributed by atoms with Crippen LogP contribution >= 0.6 is 0 Å². The summed E-state index contributed by atoms with van der Waals surface area (Å²) in [4.78, 5) is 21.4. The topological polar surface area (TPSA) is 48.3 Å². The van der Waals surface area contributed by atoms with Gasteiger partial charge in [0.1, 0.15) is 12.0 Å². The first kappa shape index (κ1) is 10.4. The van der Waals surface area contributed by atoms with Crippen LogP contribution in [-0.4, -0.2) is 16.8 Å². The first-order valence-electron chi connectivity index (χ1n) is 4.92. The smallest absolute Gasteiger partial charge is 0.308 e. The van der Waals surface area contributed by atoms with Crippen LogP contribution in [0.3, 0.4) is 0 Å². The Labute approximate surface area is 92.4 Å². The molecule has 1 aromatic carbocycles. The molecule has 0 saturated carbocycles. The number of rotatable bonds is 3. The van der Waals surface area contributed by atoms with E-state index in [0.29, 0.717) is 12.3 Å². The number of hydrogen-bond acceptors (Lipinski definition) is 3. The minimum atomic E-state index is -0.351. The molecule has 0 aliphatic rings. The number of aldehydes is 1. The predicted molar refractivity (Wildman–Crippen MR) is 59.3 cm³/mol. The Bertz CT molecular complexity index is 542. The molecule has 0 fully saturated rings. The molecule has 0 amide bonds. The molecule has 2 rings (SSSR count). The molecule has 0 unspecified atom stereocenters. The number of carbonyl (C=O) groups excluding carboxylic acids is 2. The Hall–Kier alpha value is -2.10. The van der Waals surface area contributed by atoms with Crippen LogP contribution in [0.2, 0.25) is 0 Å². The van der Waals surface area contributed by atoms with Crippen molar-refractivity contribution < 1.29 is 14.3 Å². The van der Waals surface area contributed by atoms with Gasteiger partial charge in [-0.15, -0.1) is 0 Å². The zero-order chi connectivity index (χ0) is 11.5. The first-order chi connectivity index (χ1) is 7.72. The molecule has 0 radical (unpaired) electrons. The van der Waals surface area contributed by atoms with Gasteiger partial charge in [0.05, 0.1) is 12.1 Å². The maximum absolute atomic E-state index is 10.9. The number of hydrogen-bond donors (Lipinski definition) is 0. The van der Waals surface area contributed by atoms with Crippen molar-refractivity contribution in [3.8, 4) is 5.75 Å². The first-order valence-corrected chi connectivity index (χ1v) is 4.92. The Balaban J connectivity index is 2.52. The van der Waals surface area contributed by atoms with Crippen LogP contribution in [0.1, 0.15) is 6.92 Å². The van der Waals surface area contributed by atoms with Gasteiger partial charge in [0.15, 0.2) is 0 Å². The highest BCUT2D eigenvalue weighted by molar-refractivity contribution is 5.89. The van der Waals surface area contributed by atoms with Crippen LogP contribution in [0.5, 0.6) is 5.75 Å². The zero-order valence-corrected chi connectivity index (χ0v) is 8.84. The van der Waals surface area contributed by atoms with Gasteiger partial charge in [-0.1, -0.05) is 6.07 Å². The number of benzene rings is 1. The molecule has 1 aromatic heterocycles. The average Bonchev–Trinajstić information content (AvgIpc) is 2.63. The van der Waals surface area contributed by atoms with E-state index >= 15 is 0 Å². The van der Waals surface area contributed by atoms with E-state index in [-0.39, 0.29) is 5.97 Å². The van der Waals surface area contributed by atoms with Crippen LogP contribution in [0.15, 0.2) is 30.5 Å². The van der Waals surface area contributed by atoms with Gasteiger partial charge in [0, 0.05) is 18.5 Å². The number of nitrogens with zero attached hydrogens (tertiary/aromatic N) is 1. The van der Waals surface area contributed by atoms with E-state index < -0.39 is 0 Å². The second kappa shape index (κ2) is 4.18. The molecule has 16 heavy (non-hydrogen) atoms. The van der Waals surface area contributed by atoms with Crippen molar-refractivity contribution in [3.63, 3.8) is 0 Å². The molecule has 0 saturated heterocycles. The molecule has 1 heterocycles. The molecule has 0 aliphatic carbocycles. The SMILES string of the molecule is CC(=O)Oc1cccc2c1ccn2CC=O. The predicted octanol–water partition coefficient (Wildman–Crippen LogP) is 1.77. The molecular formula is C12H11NO3. The number of esters is 1. The minimum absolute atomic E-state index is 0.299. The van der Waals surface area contributed by atoms with Crippen LogP contribution in [-0.2, 0) is 16.1 Å². The number of carbonyl (C=O) groups is 2. The molecule has 0 N–H and O–H groups in total. The average molecular weight is 217 g/mol. The summed E-state index contributed by atoms with van der Waals surface area (Å²) < 4.78 is 6.88. The third-order valence-corrected chi connectivity index (χ3v) is 2.30. The van der Waals surface area contributed by atoms with Crippen molar-refractivity contribution in [1.82, 2.24) is 4.57 Å². The maximum atomic E-state index is 10.9. The summed E-state index contributed by atoms with van der Waals surface area (Å²) in [5, 5.41) is 0.833. The molecule has 0 bridgehead atoms. The standard InChI is InChI=1S/C12H11NO3/c1-9(15)16-12-4-2-3-11-10(12)5-6-13(11)7-8-14/h2-6,8H,7H2,1H3. The summed E-state index contributed by atoms with van der Waals surface area (Å²) in [5.74, 6) is 0.172. The highest BCUT2D eigenvalue weighted by Gasteiger charge is 2.07. The number of fused-ring (bicyclic) bond motifs is 1. The second-order valence-corrected chi connectivity index (χ2v) is 3.42. The fourth-order valence-corrected chi connectivity index (χ4v) is 1.68. The van der Waals surface area contributed by atoms with Gasteiger partial charge in [-0.3, -0.25) is 4.79 Å². The van der Waals surface area contributed by atoms with Gasteiger partial charge in [-0.2, -0.15) is 0 Å². The third-order valence-electron chi connectivity index (χ3n) is 2.30. The lowest BCUT2D eigenvalue weighted by atomic mass is 10.2. The van der Waals surface area contributed by atoms with Crippen molar-refractivity contribution in [1.29, 1.82) is 0 Å². The monoisotopic (exact) mass is 217 g/mol. The number of ether oxygens (including phenoxy) is 1. The summed E-state index contributed by atoms with van der Waals surface area (Å²) in [7, 11) is 0. The summed E-state index contributed by atoms with van der Waals surface area (Å²) in [6.45, 7) is 1.66. The van der Waals surface area contributed by atoms with Crippen molar-refractivity contribution >= 4 is 23.2 Å².